The molecule has 0 unspecified atom stereocenters. The minimum Gasteiger partial charge on any atom is -0.497 e. The van der Waals surface area contributed by atoms with Gasteiger partial charge in [0, 0.05) is 10.0 Å². The molecule has 0 saturated heterocycles. The molecule has 3 rings (SSSR count). The summed E-state index contributed by atoms with van der Waals surface area (Å²) in [5.41, 5.74) is 4.48. The Balaban J connectivity index is 1.69. The Morgan fingerprint density at radius 1 is 0.931 bits per heavy atom. The Hall–Kier alpha value is -3.45. The van der Waals surface area contributed by atoms with E-state index in [0.717, 1.165) is 10.0 Å². The van der Waals surface area contributed by atoms with E-state index in [1.807, 2.05) is 24.3 Å². The molecule has 7 heteroatoms. The summed E-state index contributed by atoms with van der Waals surface area (Å²) in [7, 11) is 1.56. The molecule has 0 spiro atoms. The molecule has 146 valence electrons. The van der Waals surface area contributed by atoms with Crippen molar-refractivity contribution in [2.45, 2.75) is 0 Å². The molecule has 0 heterocycles. The highest BCUT2D eigenvalue weighted by Gasteiger charge is 2.13. The number of carbonyl (C=O) groups excluding carboxylic acids is 2. The van der Waals surface area contributed by atoms with Gasteiger partial charge in [-0.15, -0.1) is 0 Å². The van der Waals surface area contributed by atoms with Gasteiger partial charge in [0.2, 0.25) is 0 Å². The van der Waals surface area contributed by atoms with Crippen molar-refractivity contribution in [3.05, 3.63) is 94.0 Å². The number of para-hydroxylation sites is 1. The summed E-state index contributed by atoms with van der Waals surface area (Å²) >= 11 is 3.36. The number of hydrogen-bond donors (Lipinski definition) is 2. The van der Waals surface area contributed by atoms with E-state index in [0.29, 0.717) is 22.6 Å². The minimum absolute atomic E-state index is 0.308. The first kappa shape index (κ1) is 20.3. The molecule has 0 atom stereocenters. The first-order chi connectivity index (χ1) is 14.1. The van der Waals surface area contributed by atoms with Gasteiger partial charge in [0.1, 0.15) is 5.75 Å². The van der Waals surface area contributed by atoms with Crippen LogP contribution >= 0.6 is 15.9 Å². The average Bonchev–Trinajstić information content (AvgIpc) is 2.75. The summed E-state index contributed by atoms with van der Waals surface area (Å²) in [6.07, 6.45) is 1.54. The number of methoxy groups -OCH3 is 1. The van der Waals surface area contributed by atoms with E-state index in [1.54, 1.807) is 61.9 Å². The lowest BCUT2D eigenvalue weighted by Crippen LogP contribution is -2.21. The molecule has 0 bridgehead atoms. The fraction of sp³-hybridized carbons (Fsp3) is 0.0455. The molecular formula is C22H18BrN3O3. The molecule has 2 amide bonds. The van der Waals surface area contributed by atoms with E-state index in [4.69, 9.17) is 4.74 Å². The second kappa shape index (κ2) is 9.66. The molecule has 0 aliphatic carbocycles. The number of rotatable bonds is 6. The Morgan fingerprint density at radius 3 is 2.31 bits per heavy atom. The molecule has 0 aliphatic heterocycles. The summed E-state index contributed by atoms with van der Waals surface area (Å²) in [4.78, 5) is 25.0. The Bertz CT molecular complexity index is 1030. The lowest BCUT2D eigenvalue weighted by Gasteiger charge is -2.10. The molecule has 3 aromatic rings. The van der Waals surface area contributed by atoms with Crippen LogP contribution in [0.25, 0.3) is 0 Å². The lowest BCUT2D eigenvalue weighted by atomic mass is 10.1. The zero-order valence-electron chi connectivity index (χ0n) is 15.6. The Labute approximate surface area is 176 Å². The van der Waals surface area contributed by atoms with Crippen LogP contribution in [0.5, 0.6) is 5.75 Å². The van der Waals surface area contributed by atoms with Crippen molar-refractivity contribution in [1.82, 2.24) is 5.43 Å². The fourth-order valence-electron chi connectivity index (χ4n) is 2.50. The maximum atomic E-state index is 12.5. The first-order valence-electron chi connectivity index (χ1n) is 8.70. The van der Waals surface area contributed by atoms with Crippen LogP contribution in [0.4, 0.5) is 5.69 Å². The van der Waals surface area contributed by atoms with Gasteiger partial charge in [0.15, 0.2) is 0 Å². The highest BCUT2D eigenvalue weighted by atomic mass is 79.9. The molecule has 0 aromatic heterocycles. The third kappa shape index (κ3) is 5.52. The Morgan fingerprint density at radius 2 is 1.62 bits per heavy atom. The van der Waals surface area contributed by atoms with E-state index in [2.05, 4.69) is 31.8 Å². The molecule has 0 aliphatic rings. The van der Waals surface area contributed by atoms with Gasteiger partial charge in [-0.1, -0.05) is 40.2 Å². The van der Waals surface area contributed by atoms with Crippen molar-refractivity contribution in [3.8, 4) is 5.75 Å². The Kier molecular flexibility index (Phi) is 6.76. The van der Waals surface area contributed by atoms with Crippen molar-refractivity contribution >= 4 is 39.6 Å². The number of anilines is 1. The van der Waals surface area contributed by atoms with Crippen molar-refractivity contribution in [2.24, 2.45) is 5.10 Å². The maximum absolute atomic E-state index is 12.5. The number of carbonyl (C=O) groups is 2. The molecular weight excluding hydrogens is 434 g/mol. The van der Waals surface area contributed by atoms with Gasteiger partial charge in [-0.05, 0) is 54.1 Å². The fourth-order valence-corrected chi connectivity index (χ4v) is 2.77. The molecule has 29 heavy (non-hydrogen) atoms. The van der Waals surface area contributed by atoms with E-state index >= 15 is 0 Å². The van der Waals surface area contributed by atoms with Crippen LogP contribution in [0, 0.1) is 0 Å². The molecule has 0 fully saturated rings. The van der Waals surface area contributed by atoms with Crippen LogP contribution in [0.1, 0.15) is 26.3 Å². The third-order valence-electron chi connectivity index (χ3n) is 4.02. The van der Waals surface area contributed by atoms with Crippen molar-refractivity contribution < 1.29 is 14.3 Å². The summed E-state index contributed by atoms with van der Waals surface area (Å²) < 4.78 is 6.05. The van der Waals surface area contributed by atoms with Crippen molar-refractivity contribution in [1.29, 1.82) is 0 Å². The van der Waals surface area contributed by atoms with E-state index in [-0.39, 0.29) is 5.91 Å². The smallest absolute Gasteiger partial charge is 0.273 e. The van der Waals surface area contributed by atoms with Gasteiger partial charge >= 0.3 is 0 Å². The highest BCUT2D eigenvalue weighted by Crippen LogP contribution is 2.18. The van der Waals surface area contributed by atoms with Gasteiger partial charge < -0.3 is 10.1 Å². The largest absolute Gasteiger partial charge is 0.497 e. The van der Waals surface area contributed by atoms with Crippen LogP contribution in [0.3, 0.4) is 0 Å². The van der Waals surface area contributed by atoms with Crippen LogP contribution in [0.2, 0.25) is 0 Å². The molecule has 6 nitrogen and oxygen atoms in total. The topological polar surface area (TPSA) is 79.8 Å². The van der Waals surface area contributed by atoms with Crippen LogP contribution in [-0.2, 0) is 0 Å². The number of halogens is 1. The van der Waals surface area contributed by atoms with Crippen molar-refractivity contribution in [3.63, 3.8) is 0 Å². The molecule has 0 saturated carbocycles. The van der Waals surface area contributed by atoms with E-state index < -0.39 is 5.91 Å². The standard InChI is InChI=1S/C22H18BrN3O3/c1-29-18-12-8-16(9-13-18)21(27)25-20-5-3-2-4-19(20)22(28)26-24-14-15-6-10-17(23)11-7-15/h2-14H,1H3,(H,25,27)(H,26,28)/b24-14-. The number of benzene rings is 3. The zero-order valence-corrected chi connectivity index (χ0v) is 17.1. The monoisotopic (exact) mass is 451 g/mol. The minimum atomic E-state index is -0.427. The second-order valence-corrected chi connectivity index (χ2v) is 6.89. The number of nitrogens with one attached hydrogen (secondary N) is 2. The number of hydrogen-bond acceptors (Lipinski definition) is 4. The van der Waals surface area contributed by atoms with Crippen molar-refractivity contribution in [2.75, 3.05) is 12.4 Å². The number of hydrazone groups is 1. The molecule has 3 aromatic carbocycles. The first-order valence-corrected chi connectivity index (χ1v) is 9.49. The predicted octanol–water partition coefficient (Wildman–Crippen LogP) is 4.47. The highest BCUT2D eigenvalue weighted by molar-refractivity contribution is 9.10. The number of nitrogens with zero attached hydrogens (tertiary/aromatic N) is 1. The molecule has 0 radical (unpaired) electrons. The zero-order chi connectivity index (χ0) is 20.6. The van der Waals surface area contributed by atoms with E-state index in [9.17, 15) is 9.59 Å². The van der Waals surface area contributed by atoms with Crippen LogP contribution < -0.4 is 15.5 Å². The lowest BCUT2D eigenvalue weighted by molar-refractivity contribution is 0.0956. The van der Waals surface area contributed by atoms with E-state index in [1.165, 1.54) is 0 Å². The summed E-state index contributed by atoms with van der Waals surface area (Å²) in [5.74, 6) is -0.0970. The summed E-state index contributed by atoms with van der Waals surface area (Å²) in [6.45, 7) is 0. The maximum Gasteiger partial charge on any atom is 0.273 e. The van der Waals surface area contributed by atoms with Crippen LogP contribution in [0.15, 0.2) is 82.4 Å². The van der Waals surface area contributed by atoms with Crippen LogP contribution in [-0.4, -0.2) is 25.1 Å². The summed E-state index contributed by atoms with van der Waals surface area (Å²) in [6, 6.07) is 20.9. The van der Waals surface area contributed by atoms with Gasteiger partial charge in [-0.3, -0.25) is 9.59 Å². The summed E-state index contributed by atoms with van der Waals surface area (Å²) in [5, 5.41) is 6.74. The average molecular weight is 452 g/mol. The van der Waals surface area contributed by atoms with Gasteiger partial charge in [-0.2, -0.15) is 5.10 Å². The molecule has 2 N–H and O–H groups in total. The predicted molar refractivity (Wildman–Crippen MR) is 117 cm³/mol. The third-order valence-corrected chi connectivity index (χ3v) is 4.55. The quantitative estimate of drug-likeness (QED) is 0.428. The van der Waals surface area contributed by atoms with Gasteiger partial charge in [0.25, 0.3) is 11.8 Å². The SMILES string of the molecule is COc1ccc(C(=O)Nc2ccccc2C(=O)N/N=C\c2ccc(Br)cc2)cc1. The van der Waals surface area contributed by atoms with Gasteiger partial charge in [0.05, 0.1) is 24.6 Å². The number of ether oxygens (including phenoxy) is 1. The number of amides is 2. The van der Waals surface area contributed by atoms with Gasteiger partial charge in [-0.25, -0.2) is 5.43 Å². The normalized spacial score (nSPS) is 10.6. The second-order valence-electron chi connectivity index (χ2n) is 5.98.